The summed E-state index contributed by atoms with van der Waals surface area (Å²) >= 11 is 7.63. The summed E-state index contributed by atoms with van der Waals surface area (Å²) in [7, 11) is 0. The van der Waals surface area contributed by atoms with Gasteiger partial charge in [-0.15, -0.1) is 28.2 Å². The number of carbonyl (C=O) groups excluding carboxylic acids is 6. The molecule has 1 saturated heterocycles. The molecule has 1 aromatic carbocycles. The van der Waals surface area contributed by atoms with Gasteiger partial charge in [-0.3, -0.25) is 44.5 Å². The van der Waals surface area contributed by atoms with Crippen LogP contribution < -0.4 is 31.4 Å². The number of hydrogen-bond donors (Lipinski definition) is 6. The van der Waals surface area contributed by atoms with Crippen LogP contribution in [0, 0.1) is 0 Å². The zero-order valence-electron chi connectivity index (χ0n) is 31.6. The topological polar surface area (TPSA) is 338 Å². The number of thiazole rings is 1. The van der Waals surface area contributed by atoms with Gasteiger partial charge >= 0.3 is 23.9 Å². The van der Waals surface area contributed by atoms with Crippen molar-refractivity contribution in [2.24, 2.45) is 5.16 Å². The highest BCUT2D eigenvalue weighted by Gasteiger charge is 2.55. The summed E-state index contributed by atoms with van der Waals surface area (Å²) in [5, 5.41) is 30.3. The Balaban J connectivity index is 1.16. The van der Waals surface area contributed by atoms with Gasteiger partial charge in [-0.1, -0.05) is 17.4 Å². The Morgan fingerprint density at radius 3 is 2.34 bits per heavy atom. The number of nitrogen functional groups attached to an aromatic ring is 1. The zero-order chi connectivity index (χ0) is 44.5. The number of fused-ring (bicyclic) bond motifs is 2. The van der Waals surface area contributed by atoms with Crippen molar-refractivity contribution in [2.45, 2.75) is 44.7 Å². The number of aliphatic carboxylic acids is 1. The molecule has 3 aromatic heterocycles. The highest BCUT2D eigenvalue weighted by Crippen LogP contribution is 2.41. The number of nitrogens with zero attached hydrogens (tertiary/aromatic N) is 7. The van der Waals surface area contributed by atoms with Gasteiger partial charge in [0.15, 0.2) is 22.3 Å². The van der Waals surface area contributed by atoms with Crippen LogP contribution in [0.3, 0.4) is 0 Å². The van der Waals surface area contributed by atoms with Crippen LogP contribution in [-0.2, 0) is 33.6 Å². The maximum absolute atomic E-state index is 13.8. The number of carboxylic acid groups (broad SMARTS) is 2. The maximum atomic E-state index is 13.8. The van der Waals surface area contributed by atoms with Crippen molar-refractivity contribution < 1.29 is 62.9 Å². The predicted molar refractivity (Wildman–Crippen MR) is 212 cm³/mol. The summed E-state index contributed by atoms with van der Waals surface area (Å²) in [5.41, 5.74) is 7.12. The van der Waals surface area contributed by atoms with Gasteiger partial charge < -0.3 is 35.6 Å². The molecule has 2 aliphatic rings. The molecule has 7 N–H and O–H groups in total. The smallest absolute Gasteiger partial charge is 0.375 e. The second kappa shape index (κ2) is 17.1. The predicted octanol–water partition coefficient (Wildman–Crippen LogP) is -0.171. The number of rotatable bonds is 13. The Bertz CT molecular complexity index is 2660. The fourth-order valence-corrected chi connectivity index (χ4v) is 7.79. The van der Waals surface area contributed by atoms with Crippen LogP contribution in [0.5, 0.6) is 11.5 Å². The molecular formula is C34H29N11O13S3. The molecule has 5 heterocycles. The average Bonchev–Trinajstić information content (AvgIpc) is 3.84. The number of thioether (sulfide) groups is 1. The highest BCUT2D eigenvalue weighted by atomic mass is 32.2. The second-order valence-corrected chi connectivity index (χ2v) is 15.4. The number of β-lactam (4-membered cyclic amide) rings is 1. The van der Waals surface area contributed by atoms with Crippen LogP contribution in [0.15, 0.2) is 52.3 Å². The number of aromatic carboxylic acids is 1. The molecule has 6 rings (SSSR count). The number of carbonyl (C=O) groups is 8. The van der Waals surface area contributed by atoms with Crippen LogP contribution in [-0.4, -0.2) is 121 Å². The molecule has 2 aliphatic heterocycles. The number of aromatic nitrogens is 5. The van der Waals surface area contributed by atoms with Gasteiger partial charge in [0.05, 0.1) is 10.6 Å². The molecule has 4 aromatic rings. The Morgan fingerprint density at radius 1 is 1.00 bits per heavy atom. The van der Waals surface area contributed by atoms with Gasteiger partial charge in [0.2, 0.25) is 5.60 Å². The normalized spacial score (nSPS) is 16.2. The van der Waals surface area contributed by atoms with E-state index in [0.717, 1.165) is 52.4 Å². The molecule has 0 saturated carbocycles. The number of oxime groups is 1. The Labute approximate surface area is 354 Å². The van der Waals surface area contributed by atoms with Crippen molar-refractivity contribution in [1.29, 1.82) is 0 Å². The first-order chi connectivity index (χ1) is 28.8. The average molecular weight is 896 g/mol. The molecule has 1 unspecified atom stereocenters. The zero-order valence-corrected chi connectivity index (χ0v) is 34.1. The Hall–Kier alpha value is -7.39. The van der Waals surface area contributed by atoms with Crippen LogP contribution in [0.1, 0.15) is 60.1 Å². The number of hydrogen-bond acceptors (Lipinski definition) is 20. The number of nitrogens with two attached hydrogens (primary N) is 1. The number of benzene rings is 1. The van der Waals surface area contributed by atoms with Crippen molar-refractivity contribution in [3.8, 4) is 11.5 Å². The van der Waals surface area contributed by atoms with E-state index in [1.54, 1.807) is 0 Å². The SMILES string of the molecule is CC(=O)Oc1ccc(C(=O)NNC(=O)C(C)(C)ON=C(C(=O)NC2C(=O)N3C(C(=O)O)=C(C(=S)c4ccnc5nc(C(=O)O)nn45)CS[C@@H]23)c2csc(N)n2)cc1OC(C)=O. The second-order valence-electron chi connectivity index (χ2n) is 13.0. The number of nitrogens with one attached hydrogen (secondary N) is 3. The standard InChI is InChI=1S/C34H29N11O13S3/c1-12(46)56-18-6-5-14(9-19(18)57-13(2)47)25(48)40-41-31(55)34(3,4)58-43-20(16-11-61-32(35)37-16)26(49)38-21-27(50)44-22(29(51)52)15(10-60-28(21)44)23(59)17-7-8-36-33-39-24(30(53)54)42-45(17)33/h5-9,11,21,28H,10H2,1-4H3,(H2,35,37)(H,38,49)(H,40,48)(H,41,55)(H,51,52)(H,53,54)/t21?,28-/m0/s1. The van der Waals surface area contributed by atoms with E-state index in [-0.39, 0.29) is 55.6 Å². The summed E-state index contributed by atoms with van der Waals surface area (Å²) in [6.07, 6.45) is 1.28. The van der Waals surface area contributed by atoms with Crippen LogP contribution in [0.25, 0.3) is 5.78 Å². The lowest BCUT2D eigenvalue weighted by Gasteiger charge is -2.49. The molecular weight excluding hydrogens is 867 g/mol. The third-order valence-corrected chi connectivity index (χ3v) is 10.7. The fraction of sp³-hybridized carbons (Fsp3) is 0.235. The third kappa shape index (κ3) is 8.96. The molecule has 4 amide bonds. The number of anilines is 1. The van der Waals surface area contributed by atoms with Gasteiger partial charge in [-0.25, -0.2) is 19.6 Å². The first-order valence-electron chi connectivity index (χ1n) is 17.1. The van der Waals surface area contributed by atoms with E-state index >= 15 is 0 Å². The molecule has 2 atom stereocenters. The van der Waals surface area contributed by atoms with Crippen molar-refractivity contribution in [3.05, 3.63) is 69.9 Å². The van der Waals surface area contributed by atoms with E-state index in [1.807, 2.05) is 0 Å². The minimum atomic E-state index is -1.90. The molecule has 0 bridgehead atoms. The van der Waals surface area contributed by atoms with E-state index in [1.165, 1.54) is 43.6 Å². The highest BCUT2D eigenvalue weighted by molar-refractivity contribution is 8.00. The molecule has 0 spiro atoms. The first-order valence-corrected chi connectivity index (χ1v) is 19.4. The van der Waals surface area contributed by atoms with Crippen molar-refractivity contribution in [2.75, 3.05) is 11.5 Å². The van der Waals surface area contributed by atoms with Gasteiger partial charge in [-0.2, -0.15) is 9.50 Å². The minimum absolute atomic E-state index is 0.0259. The number of amides is 4. The molecule has 27 heteroatoms. The molecule has 0 radical (unpaired) electrons. The van der Waals surface area contributed by atoms with Gasteiger partial charge in [-0.05, 0) is 38.1 Å². The van der Waals surface area contributed by atoms with Gasteiger partial charge in [0.1, 0.15) is 22.8 Å². The number of carboxylic acids is 2. The van der Waals surface area contributed by atoms with E-state index in [2.05, 4.69) is 41.4 Å². The van der Waals surface area contributed by atoms with Crippen molar-refractivity contribution in [3.63, 3.8) is 0 Å². The molecule has 0 aliphatic carbocycles. The summed E-state index contributed by atoms with van der Waals surface area (Å²) in [6, 6.07) is 3.62. The lowest BCUT2D eigenvalue weighted by molar-refractivity contribution is -0.150. The lowest BCUT2D eigenvalue weighted by Crippen LogP contribution is -2.71. The molecule has 316 valence electrons. The monoisotopic (exact) mass is 895 g/mol. The van der Waals surface area contributed by atoms with Crippen LogP contribution in [0.4, 0.5) is 5.13 Å². The minimum Gasteiger partial charge on any atom is -0.477 e. The van der Waals surface area contributed by atoms with Gasteiger partial charge in [0.25, 0.3) is 35.2 Å². The summed E-state index contributed by atoms with van der Waals surface area (Å²) in [5.74, 6) is -9.25. The quantitative estimate of drug-likeness (QED) is 0.0193. The lowest BCUT2D eigenvalue weighted by atomic mass is 10.00. The first kappa shape index (κ1) is 43.2. The summed E-state index contributed by atoms with van der Waals surface area (Å²) in [6.45, 7) is 4.70. The number of ether oxygens (including phenoxy) is 2. The Kier molecular flexibility index (Phi) is 12.1. The maximum Gasteiger partial charge on any atom is 0.375 e. The van der Waals surface area contributed by atoms with Crippen molar-refractivity contribution in [1.82, 2.24) is 45.6 Å². The Morgan fingerprint density at radius 2 is 1.70 bits per heavy atom. The van der Waals surface area contributed by atoms with Gasteiger partial charge in [0, 0.05) is 42.3 Å². The molecule has 24 nitrogen and oxygen atoms in total. The van der Waals surface area contributed by atoms with E-state index in [9.17, 15) is 48.6 Å². The molecule has 1 fully saturated rings. The van der Waals surface area contributed by atoms with E-state index < -0.39 is 81.8 Å². The number of esters is 2. The third-order valence-electron chi connectivity index (χ3n) is 8.29. The summed E-state index contributed by atoms with van der Waals surface area (Å²) in [4.78, 5) is 119. The van der Waals surface area contributed by atoms with E-state index in [4.69, 9.17) is 32.3 Å². The molecule has 61 heavy (non-hydrogen) atoms. The fourth-order valence-electron chi connectivity index (χ4n) is 5.48. The number of hydrazine groups is 1. The largest absolute Gasteiger partial charge is 0.477 e. The van der Waals surface area contributed by atoms with Crippen LogP contribution >= 0.6 is 35.3 Å². The van der Waals surface area contributed by atoms with Crippen LogP contribution in [0.2, 0.25) is 0 Å². The summed E-state index contributed by atoms with van der Waals surface area (Å²) < 4.78 is 11.0. The van der Waals surface area contributed by atoms with Crippen molar-refractivity contribution >= 4 is 104 Å². The number of thiocarbonyl (C=S) groups is 1. The van der Waals surface area contributed by atoms with E-state index in [0.29, 0.717) is 0 Å².